The molecule has 0 aliphatic rings. The third-order valence-electron chi connectivity index (χ3n) is 0.281. The van der Waals surface area contributed by atoms with E-state index in [-0.39, 0.29) is 0 Å². The van der Waals surface area contributed by atoms with Crippen LogP contribution in [0.5, 0.6) is 0 Å². The molecule has 0 aliphatic carbocycles. The first-order chi connectivity index (χ1) is 2.41. The molecule has 0 atom stereocenters. The smallest absolute Gasteiger partial charge is 0.0154 e. The van der Waals surface area contributed by atoms with Crippen LogP contribution >= 0.6 is 15.9 Å². The Bertz CT molecular complexity index is 30.6. The van der Waals surface area contributed by atoms with Crippen molar-refractivity contribution in [3.05, 3.63) is 11.1 Å². The van der Waals surface area contributed by atoms with Crippen molar-refractivity contribution in [1.82, 2.24) is 0 Å². The van der Waals surface area contributed by atoms with Gasteiger partial charge in [0.05, 0.1) is 0 Å². The molecule has 0 saturated carbocycles. The highest BCUT2D eigenvalue weighted by molar-refractivity contribution is 9.11. The summed E-state index contributed by atoms with van der Waals surface area (Å²) in [5, 5.41) is 0. The van der Waals surface area contributed by atoms with E-state index in [1.165, 1.54) is 0 Å². The molecule has 0 aliphatic heterocycles. The molecule has 0 rings (SSSR count). The van der Waals surface area contributed by atoms with E-state index in [0.717, 1.165) is 6.42 Å². The summed E-state index contributed by atoms with van der Waals surface area (Å²) in [6.07, 6.45) is 3.89. The fourth-order valence-corrected chi connectivity index (χ4v) is 0.401. The van der Waals surface area contributed by atoms with Crippen LogP contribution in [0.15, 0.2) is 4.99 Å². The van der Waals surface area contributed by atoms with Crippen molar-refractivity contribution in [1.29, 1.82) is 0 Å². The highest BCUT2D eigenvalue weighted by atomic mass is 79.9. The van der Waals surface area contributed by atoms with E-state index in [1.54, 1.807) is 4.99 Å². The summed E-state index contributed by atoms with van der Waals surface area (Å²) in [5.41, 5.74) is 0. The number of hydrogen-bond donors (Lipinski definition) is 0. The predicted molar refractivity (Wildman–Crippen MR) is 27.0 cm³/mol. The normalized spacial score (nSPS) is 10.0. The third-order valence-corrected chi connectivity index (χ3v) is 0.605. The number of rotatable bonds is 1. The van der Waals surface area contributed by atoms with Crippen LogP contribution < -0.4 is 0 Å². The van der Waals surface area contributed by atoms with Crippen molar-refractivity contribution in [2.24, 2.45) is 0 Å². The second-order valence-corrected chi connectivity index (χ2v) is 1.12. The molecule has 29 valence electrons. The minimum Gasteiger partial charge on any atom is -0.0613 e. The van der Waals surface area contributed by atoms with Gasteiger partial charge in [0.15, 0.2) is 0 Å². The Hall–Kier alpha value is 0.220. The lowest BCUT2D eigenvalue weighted by molar-refractivity contribution is 1.19. The molecule has 0 bridgehead atoms. The Kier molecular flexibility index (Phi) is 4.41. The molecule has 0 aromatic rings. The lowest BCUT2D eigenvalue weighted by atomic mass is 10.5. The summed E-state index contributed by atoms with van der Waals surface area (Å²) in [7, 11) is 0. The SMILES string of the molecule is CC/[C]=C\Br. The molecule has 0 fully saturated rings. The molecular formula is C4H6Br. The highest BCUT2D eigenvalue weighted by Gasteiger charge is 1.55. The average Bonchev–Trinajstić information content (AvgIpc) is 1.41. The highest BCUT2D eigenvalue weighted by Crippen LogP contribution is 1.82. The molecule has 0 saturated heterocycles. The van der Waals surface area contributed by atoms with E-state index >= 15 is 0 Å². The molecule has 0 N–H and O–H groups in total. The summed E-state index contributed by atoms with van der Waals surface area (Å²) >= 11 is 3.07. The first-order valence-electron chi connectivity index (χ1n) is 1.57. The van der Waals surface area contributed by atoms with Gasteiger partial charge >= 0.3 is 0 Å². The number of halogens is 1. The lowest BCUT2D eigenvalue weighted by Crippen LogP contribution is -1.43. The third kappa shape index (κ3) is 4.22. The van der Waals surface area contributed by atoms with Crippen LogP contribution in [0, 0.1) is 6.08 Å². The summed E-state index contributed by atoms with van der Waals surface area (Å²) in [4.78, 5) is 1.74. The first-order valence-corrected chi connectivity index (χ1v) is 2.48. The van der Waals surface area contributed by atoms with Gasteiger partial charge in [0, 0.05) is 0 Å². The quantitative estimate of drug-likeness (QED) is 0.515. The van der Waals surface area contributed by atoms with Crippen LogP contribution in [-0.4, -0.2) is 0 Å². The van der Waals surface area contributed by atoms with E-state index in [0.29, 0.717) is 0 Å². The molecule has 0 nitrogen and oxygen atoms in total. The van der Waals surface area contributed by atoms with E-state index in [2.05, 4.69) is 22.0 Å². The van der Waals surface area contributed by atoms with Gasteiger partial charge in [0.25, 0.3) is 0 Å². The largest absolute Gasteiger partial charge is 0.0613 e. The zero-order valence-corrected chi connectivity index (χ0v) is 4.75. The van der Waals surface area contributed by atoms with Gasteiger partial charge in [-0.15, -0.1) is 0 Å². The molecule has 0 aromatic heterocycles. The van der Waals surface area contributed by atoms with Gasteiger partial charge in [-0.3, -0.25) is 0 Å². The monoisotopic (exact) mass is 133 g/mol. The zero-order valence-electron chi connectivity index (χ0n) is 3.16. The van der Waals surface area contributed by atoms with Gasteiger partial charge in [0.1, 0.15) is 0 Å². The van der Waals surface area contributed by atoms with Crippen LogP contribution in [0.4, 0.5) is 0 Å². The van der Waals surface area contributed by atoms with Gasteiger partial charge < -0.3 is 0 Å². The van der Waals surface area contributed by atoms with Gasteiger partial charge in [-0.1, -0.05) is 22.9 Å². The standard InChI is InChI=1S/C4H6Br/c1-2-3-4-5/h4H,2H2,1H3. The van der Waals surface area contributed by atoms with Crippen molar-refractivity contribution >= 4 is 15.9 Å². The topological polar surface area (TPSA) is 0 Å². The Balaban J connectivity index is 2.62. The van der Waals surface area contributed by atoms with E-state index < -0.39 is 0 Å². The minimum absolute atomic E-state index is 0.991. The van der Waals surface area contributed by atoms with Crippen LogP contribution in [0.1, 0.15) is 13.3 Å². The maximum absolute atomic E-state index is 3.07. The zero-order chi connectivity index (χ0) is 4.12. The molecule has 0 unspecified atom stereocenters. The van der Waals surface area contributed by atoms with Gasteiger partial charge in [-0.25, -0.2) is 0 Å². The van der Waals surface area contributed by atoms with Crippen molar-refractivity contribution in [2.75, 3.05) is 0 Å². The Labute approximate surface area is 41.0 Å². The molecule has 1 radical (unpaired) electrons. The fraction of sp³-hybridized carbons (Fsp3) is 0.500. The van der Waals surface area contributed by atoms with Crippen LogP contribution in [-0.2, 0) is 0 Å². The predicted octanol–water partition coefficient (Wildman–Crippen LogP) is 2.11. The maximum atomic E-state index is 3.07. The molecule has 1 heteroatoms. The summed E-state index contributed by atoms with van der Waals surface area (Å²) in [5.74, 6) is 0. The summed E-state index contributed by atoms with van der Waals surface area (Å²) in [6.45, 7) is 2.04. The number of allylic oxidation sites excluding steroid dienone is 1. The van der Waals surface area contributed by atoms with Crippen molar-refractivity contribution in [3.63, 3.8) is 0 Å². The summed E-state index contributed by atoms with van der Waals surface area (Å²) in [6, 6.07) is 0. The Morgan fingerprint density at radius 1 is 2.00 bits per heavy atom. The lowest BCUT2D eigenvalue weighted by Gasteiger charge is -1.62. The molecule has 0 amide bonds. The van der Waals surface area contributed by atoms with Crippen molar-refractivity contribution in [2.45, 2.75) is 13.3 Å². The molecule has 5 heavy (non-hydrogen) atoms. The van der Waals surface area contributed by atoms with Gasteiger partial charge in [0.2, 0.25) is 0 Å². The van der Waals surface area contributed by atoms with Gasteiger partial charge in [-0.05, 0) is 17.5 Å². The fourth-order valence-electron chi connectivity index (χ4n) is 0.0772. The van der Waals surface area contributed by atoms with Crippen LogP contribution in [0.2, 0.25) is 0 Å². The average molecular weight is 134 g/mol. The molecular weight excluding hydrogens is 128 g/mol. The number of hydrogen-bond acceptors (Lipinski definition) is 0. The van der Waals surface area contributed by atoms with E-state index in [1.807, 2.05) is 6.92 Å². The minimum atomic E-state index is 0.991. The first kappa shape index (κ1) is 5.22. The van der Waals surface area contributed by atoms with Crippen LogP contribution in [0.3, 0.4) is 0 Å². The van der Waals surface area contributed by atoms with Crippen molar-refractivity contribution in [3.8, 4) is 0 Å². The van der Waals surface area contributed by atoms with Gasteiger partial charge in [-0.2, -0.15) is 0 Å². The Morgan fingerprint density at radius 3 is 2.60 bits per heavy atom. The second kappa shape index (κ2) is 4.22. The van der Waals surface area contributed by atoms with Crippen LogP contribution in [0.25, 0.3) is 0 Å². The second-order valence-electron chi connectivity index (χ2n) is 0.667. The van der Waals surface area contributed by atoms with E-state index in [4.69, 9.17) is 0 Å². The molecule has 0 spiro atoms. The van der Waals surface area contributed by atoms with Crippen molar-refractivity contribution < 1.29 is 0 Å². The molecule has 0 heterocycles. The molecule has 0 aromatic carbocycles. The maximum Gasteiger partial charge on any atom is -0.0154 e. The Morgan fingerprint density at radius 2 is 2.60 bits per heavy atom. The van der Waals surface area contributed by atoms with E-state index in [9.17, 15) is 0 Å². The summed E-state index contributed by atoms with van der Waals surface area (Å²) < 4.78 is 0.